The smallest absolute Gasteiger partial charge is 0.298 e. The molecule has 1 aromatic heterocycles. The molecule has 4 rings (SSSR count). The molecule has 0 spiro atoms. The molecule has 156 valence electrons. The van der Waals surface area contributed by atoms with Gasteiger partial charge in [0.25, 0.3) is 6.01 Å². The number of hydrogen-bond donors (Lipinski definition) is 1. The van der Waals surface area contributed by atoms with Crippen LogP contribution in [0.2, 0.25) is 5.02 Å². The van der Waals surface area contributed by atoms with Crippen molar-refractivity contribution in [2.24, 2.45) is 11.7 Å². The Labute approximate surface area is 182 Å². The Hall–Kier alpha value is -1.21. The molecule has 9 heteroatoms. The third kappa shape index (κ3) is 5.03. The average molecular weight is 450 g/mol. The van der Waals surface area contributed by atoms with Gasteiger partial charge in [-0.05, 0) is 37.8 Å². The van der Waals surface area contributed by atoms with Gasteiger partial charge in [-0.15, -0.1) is 24.8 Å². The van der Waals surface area contributed by atoms with E-state index in [-0.39, 0.29) is 42.7 Å². The molecule has 1 unspecified atom stereocenters. The second kappa shape index (κ2) is 10.0. The van der Waals surface area contributed by atoms with Crippen LogP contribution in [0.1, 0.15) is 32.1 Å². The van der Waals surface area contributed by atoms with E-state index in [2.05, 4.69) is 9.88 Å². The lowest BCUT2D eigenvalue weighted by atomic mass is 9.95. The predicted octanol–water partition coefficient (Wildman–Crippen LogP) is 3.88. The van der Waals surface area contributed by atoms with Crippen LogP contribution in [0, 0.1) is 5.92 Å². The van der Waals surface area contributed by atoms with Gasteiger partial charge in [-0.25, -0.2) is 0 Å². The van der Waals surface area contributed by atoms with Gasteiger partial charge in [0.2, 0.25) is 5.91 Å². The van der Waals surface area contributed by atoms with Crippen LogP contribution in [0.3, 0.4) is 0 Å². The Morgan fingerprint density at radius 2 is 1.89 bits per heavy atom. The number of carbonyl (C=O) groups excluding carboxylic acids is 1. The Kier molecular flexibility index (Phi) is 8.25. The summed E-state index contributed by atoms with van der Waals surface area (Å²) in [5, 5.41) is 0.639. The fourth-order valence-electron chi connectivity index (χ4n) is 3.97. The van der Waals surface area contributed by atoms with Crippen molar-refractivity contribution in [3.63, 3.8) is 0 Å². The van der Waals surface area contributed by atoms with E-state index in [1.807, 2.05) is 17.0 Å². The molecule has 2 saturated heterocycles. The van der Waals surface area contributed by atoms with E-state index >= 15 is 0 Å². The Morgan fingerprint density at radius 1 is 1.14 bits per heavy atom. The first-order valence-corrected chi connectivity index (χ1v) is 9.83. The van der Waals surface area contributed by atoms with Gasteiger partial charge in [0.05, 0.1) is 0 Å². The minimum atomic E-state index is 0. The summed E-state index contributed by atoms with van der Waals surface area (Å²) < 4.78 is 5.85. The lowest BCUT2D eigenvalue weighted by Gasteiger charge is -2.33. The molecule has 1 atom stereocenters. The van der Waals surface area contributed by atoms with E-state index in [0.717, 1.165) is 57.3 Å². The topological polar surface area (TPSA) is 75.6 Å². The summed E-state index contributed by atoms with van der Waals surface area (Å²) in [6, 6.07) is 6.20. The monoisotopic (exact) mass is 448 g/mol. The number of oxazole rings is 1. The van der Waals surface area contributed by atoms with Gasteiger partial charge < -0.3 is 20.0 Å². The summed E-state index contributed by atoms with van der Waals surface area (Å²) in [5.41, 5.74) is 7.61. The third-order valence-corrected chi connectivity index (χ3v) is 5.71. The van der Waals surface area contributed by atoms with Crippen LogP contribution >= 0.6 is 36.4 Å². The fourth-order valence-corrected chi connectivity index (χ4v) is 4.13. The normalized spacial score (nSPS) is 21.0. The highest BCUT2D eigenvalue weighted by atomic mass is 35.5. The third-order valence-electron chi connectivity index (χ3n) is 5.47. The first-order chi connectivity index (χ1) is 12.6. The molecular weight excluding hydrogens is 423 g/mol. The summed E-state index contributed by atoms with van der Waals surface area (Å²) in [5.74, 6) is 0.349. The molecule has 0 bridgehead atoms. The number of nitrogens with zero attached hydrogens (tertiary/aromatic N) is 3. The minimum absolute atomic E-state index is 0. The molecule has 2 aromatic rings. The molecule has 2 aliphatic rings. The molecule has 2 fully saturated rings. The summed E-state index contributed by atoms with van der Waals surface area (Å²) >= 11 is 6.01. The number of halogens is 3. The zero-order chi connectivity index (χ0) is 18.1. The average Bonchev–Trinajstić information content (AvgIpc) is 2.94. The minimum Gasteiger partial charge on any atom is -0.423 e. The summed E-state index contributed by atoms with van der Waals surface area (Å²) in [7, 11) is 0. The number of fused-ring (bicyclic) bond motifs is 1. The Morgan fingerprint density at radius 3 is 2.64 bits per heavy atom. The van der Waals surface area contributed by atoms with Gasteiger partial charge in [0.1, 0.15) is 5.52 Å². The van der Waals surface area contributed by atoms with Gasteiger partial charge in [-0.3, -0.25) is 4.79 Å². The predicted molar refractivity (Wildman–Crippen MR) is 117 cm³/mol. The number of aromatic nitrogens is 1. The highest BCUT2D eigenvalue weighted by molar-refractivity contribution is 6.31. The van der Waals surface area contributed by atoms with Crippen molar-refractivity contribution in [1.82, 2.24) is 9.88 Å². The molecule has 28 heavy (non-hydrogen) atoms. The van der Waals surface area contributed by atoms with Crippen molar-refractivity contribution < 1.29 is 9.21 Å². The molecule has 1 amide bonds. The summed E-state index contributed by atoms with van der Waals surface area (Å²) in [6.07, 6.45) is 4.84. The number of anilines is 1. The number of nitrogens with two attached hydrogens (primary N) is 1. The molecule has 0 radical (unpaired) electrons. The SMILES string of the molecule is Cl.Cl.NC1CCCCN(C(=O)C2CCN(c3nc4ccc(Cl)cc4o3)CC2)C1. The number of carbonyl (C=O) groups is 1. The number of benzene rings is 1. The Balaban J connectivity index is 0.00000140. The molecule has 2 N–H and O–H groups in total. The quantitative estimate of drug-likeness (QED) is 0.753. The molecule has 6 nitrogen and oxygen atoms in total. The van der Waals surface area contributed by atoms with E-state index < -0.39 is 0 Å². The first-order valence-electron chi connectivity index (χ1n) is 9.45. The fraction of sp³-hybridized carbons (Fsp3) is 0.579. The lowest BCUT2D eigenvalue weighted by Crippen LogP contribution is -2.46. The first kappa shape index (κ1) is 23.1. The van der Waals surface area contributed by atoms with Gasteiger partial charge in [0.15, 0.2) is 5.58 Å². The van der Waals surface area contributed by atoms with Gasteiger partial charge in [-0.1, -0.05) is 18.0 Å². The highest BCUT2D eigenvalue weighted by Gasteiger charge is 2.31. The number of piperidine rings is 1. The zero-order valence-electron chi connectivity index (χ0n) is 15.7. The molecule has 0 aliphatic carbocycles. The van der Waals surface area contributed by atoms with E-state index in [9.17, 15) is 4.79 Å². The second-order valence-electron chi connectivity index (χ2n) is 7.41. The largest absolute Gasteiger partial charge is 0.423 e. The molecule has 2 aliphatic heterocycles. The van der Waals surface area contributed by atoms with E-state index in [0.29, 0.717) is 23.2 Å². The van der Waals surface area contributed by atoms with Crippen molar-refractivity contribution in [2.45, 2.75) is 38.1 Å². The maximum absolute atomic E-state index is 12.9. The van der Waals surface area contributed by atoms with E-state index in [1.54, 1.807) is 6.07 Å². The van der Waals surface area contributed by atoms with Crippen LogP contribution in [-0.2, 0) is 4.79 Å². The van der Waals surface area contributed by atoms with Gasteiger partial charge in [0, 0.05) is 49.2 Å². The van der Waals surface area contributed by atoms with E-state index in [1.165, 1.54) is 0 Å². The van der Waals surface area contributed by atoms with Crippen LogP contribution < -0.4 is 10.6 Å². The molecule has 0 saturated carbocycles. The lowest BCUT2D eigenvalue weighted by molar-refractivity contribution is -0.136. The number of amides is 1. The second-order valence-corrected chi connectivity index (χ2v) is 7.85. The van der Waals surface area contributed by atoms with Crippen LogP contribution in [0.4, 0.5) is 6.01 Å². The van der Waals surface area contributed by atoms with Crippen LogP contribution in [-0.4, -0.2) is 48.0 Å². The van der Waals surface area contributed by atoms with Crippen molar-refractivity contribution in [1.29, 1.82) is 0 Å². The van der Waals surface area contributed by atoms with Crippen LogP contribution in [0.15, 0.2) is 22.6 Å². The number of rotatable bonds is 2. The standard InChI is InChI=1S/C19H25ClN4O2.2ClH/c20-14-4-5-16-17(11-14)26-19(22-16)23-9-6-13(7-10-23)18(25)24-8-2-1-3-15(21)12-24;;/h4-5,11,13,15H,1-3,6-10,12,21H2;2*1H. The Bertz CT molecular complexity index is 793. The van der Waals surface area contributed by atoms with Crippen LogP contribution in [0.25, 0.3) is 11.1 Å². The van der Waals surface area contributed by atoms with Crippen molar-refractivity contribution in [3.05, 3.63) is 23.2 Å². The van der Waals surface area contributed by atoms with Crippen molar-refractivity contribution >= 4 is 59.4 Å². The van der Waals surface area contributed by atoms with Crippen molar-refractivity contribution in [3.8, 4) is 0 Å². The molecule has 1 aromatic carbocycles. The zero-order valence-corrected chi connectivity index (χ0v) is 18.1. The summed E-state index contributed by atoms with van der Waals surface area (Å²) in [6.45, 7) is 3.09. The number of likely N-dealkylation sites (tertiary alicyclic amines) is 1. The van der Waals surface area contributed by atoms with Crippen LogP contribution in [0.5, 0.6) is 0 Å². The van der Waals surface area contributed by atoms with Crippen molar-refractivity contribution in [2.75, 3.05) is 31.1 Å². The summed E-state index contributed by atoms with van der Waals surface area (Å²) in [4.78, 5) is 21.5. The van der Waals surface area contributed by atoms with Gasteiger partial charge in [-0.2, -0.15) is 4.98 Å². The molecular formula is C19H27Cl3N4O2. The highest BCUT2D eigenvalue weighted by Crippen LogP contribution is 2.29. The van der Waals surface area contributed by atoms with Gasteiger partial charge >= 0.3 is 0 Å². The number of hydrogen-bond acceptors (Lipinski definition) is 5. The maximum atomic E-state index is 12.9. The molecule has 3 heterocycles. The van der Waals surface area contributed by atoms with E-state index in [4.69, 9.17) is 21.8 Å². The maximum Gasteiger partial charge on any atom is 0.298 e.